The predicted octanol–water partition coefficient (Wildman–Crippen LogP) is 5.33. The minimum Gasteiger partial charge on any atom is -0.322 e. The highest BCUT2D eigenvalue weighted by atomic mass is 35.5. The summed E-state index contributed by atoms with van der Waals surface area (Å²) in [6, 6.07) is 17.3. The molecule has 0 fully saturated rings. The fourth-order valence-electron chi connectivity index (χ4n) is 2.90. The molecule has 0 aromatic heterocycles. The van der Waals surface area contributed by atoms with E-state index in [1.54, 1.807) is 36.4 Å². The second-order valence-corrected chi connectivity index (χ2v) is 9.43. The molecule has 0 radical (unpaired) electrons. The van der Waals surface area contributed by atoms with Gasteiger partial charge in [0, 0.05) is 22.8 Å². The number of nitrogens with one attached hydrogen (secondary N) is 2. The molecule has 0 aliphatic carbocycles. The molecule has 0 aliphatic rings. The van der Waals surface area contributed by atoms with E-state index in [1.807, 2.05) is 12.1 Å². The molecule has 0 unspecified atom stereocenters. The van der Waals surface area contributed by atoms with Crippen LogP contribution in [0.2, 0.25) is 5.02 Å². The fourth-order valence-corrected chi connectivity index (χ4v) is 4.21. The molecule has 0 saturated carbocycles. The summed E-state index contributed by atoms with van der Waals surface area (Å²) in [5, 5.41) is 3.08. The van der Waals surface area contributed by atoms with E-state index in [0.29, 0.717) is 22.2 Å². The SMILES string of the molecule is CC(C)c1ccc(NC(=O)c2ccc(F)c(S(=O)(=O)NCc3ccccc3Cl)c2)cc1. The van der Waals surface area contributed by atoms with Crippen LogP contribution < -0.4 is 10.0 Å². The third-order valence-electron chi connectivity index (χ3n) is 4.73. The summed E-state index contributed by atoms with van der Waals surface area (Å²) in [5.41, 5.74) is 2.25. The molecule has 0 spiro atoms. The first-order valence-corrected chi connectivity index (χ1v) is 11.5. The van der Waals surface area contributed by atoms with Gasteiger partial charge in [-0.3, -0.25) is 4.79 Å². The molecule has 0 atom stereocenters. The van der Waals surface area contributed by atoms with Gasteiger partial charge < -0.3 is 5.32 Å². The Morgan fingerprint density at radius 1 is 1.03 bits per heavy atom. The van der Waals surface area contributed by atoms with Crippen molar-refractivity contribution in [2.24, 2.45) is 0 Å². The van der Waals surface area contributed by atoms with E-state index in [-0.39, 0.29) is 12.1 Å². The number of rotatable bonds is 7. The molecule has 0 saturated heterocycles. The number of benzene rings is 3. The van der Waals surface area contributed by atoms with Crippen molar-refractivity contribution in [1.29, 1.82) is 0 Å². The van der Waals surface area contributed by atoms with Crippen molar-refractivity contribution in [3.63, 3.8) is 0 Å². The number of carbonyl (C=O) groups excluding carboxylic acids is 1. The van der Waals surface area contributed by atoms with Crippen molar-refractivity contribution in [3.8, 4) is 0 Å². The summed E-state index contributed by atoms with van der Waals surface area (Å²) >= 11 is 6.04. The fraction of sp³-hybridized carbons (Fsp3) is 0.174. The highest BCUT2D eigenvalue weighted by molar-refractivity contribution is 7.89. The van der Waals surface area contributed by atoms with E-state index in [0.717, 1.165) is 17.7 Å². The van der Waals surface area contributed by atoms with Crippen molar-refractivity contribution in [1.82, 2.24) is 4.72 Å². The molecule has 162 valence electrons. The van der Waals surface area contributed by atoms with Gasteiger partial charge >= 0.3 is 0 Å². The molecular weight excluding hydrogens is 439 g/mol. The first kappa shape index (κ1) is 22.9. The number of hydrogen-bond donors (Lipinski definition) is 2. The third-order valence-corrected chi connectivity index (χ3v) is 6.51. The largest absolute Gasteiger partial charge is 0.322 e. The van der Waals surface area contributed by atoms with Crippen molar-refractivity contribution in [2.45, 2.75) is 31.2 Å². The quantitative estimate of drug-likeness (QED) is 0.500. The summed E-state index contributed by atoms with van der Waals surface area (Å²) in [4.78, 5) is 12.0. The van der Waals surface area contributed by atoms with Crippen LogP contribution in [-0.4, -0.2) is 14.3 Å². The van der Waals surface area contributed by atoms with Gasteiger partial charge in [0.05, 0.1) is 0 Å². The van der Waals surface area contributed by atoms with Gasteiger partial charge in [-0.2, -0.15) is 0 Å². The molecule has 8 heteroatoms. The molecule has 1 amide bonds. The van der Waals surface area contributed by atoms with Crippen LogP contribution in [0.1, 0.15) is 41.3 Å². The minimum atomic E-state index is -4.21. The van der Waals surface area contributed by atoms with Gasteiger partial charge in [0.1, 0.15) is 10.7 Å². The van der Waals surface area contributed by atoms with Gasteiger partial charge in [0.2, 0.25) is 10.0 Å². The Morgan fingerprint density at radius 3 is 2.35 bits per heavy atom. The number of amides is 1. The number of halogens is 2. The van der Waals surface area contributed by atoms with Gasteiger partial charge in [0.15, 0.2) is 0 Å². The van der Waals surface area contributed by atoms with Crippen LogP contribution in [0.25, 0.3) is 0 Å². The lowest BCUT2D eigenvalue weighted by Gasteiger charge is -2.11. The van der Waals surface area contributed by atoms with Gasteiger partial charge in [-0.15, -0.1) is 0 Å². The molecule has 5 nitrogen and oxygen atoms in total. The van der Waals surface area contributed by atoms with E-state index in [9.17, 15) is 17.6 Å². The van der Waals surface area contributed by atoms with Crippen LogP contribution in [0.3, 0.4) is 0 Å². The van der Waals surface area contributed by atoms with Crippen LogP contribution in [0.15, 0.2) is 71.6 Å². The lowest BCUT2D eigenvalue weighted by atomic mass is 10.0. The van der Waals surface area contributed by atoms with Crippen LogP contribution in [-0.2, 0) is 16.6 Å². The Labute approximate surface area is 186 Å². The Morgan fingerprint density at radius 2 is 1.71 bits per heavy atom. The summed E-state index contributed by atoms with van der Waals surface area (Å²) in [6.45, 7) is 4.02. The molecule has 3 aromatic rings. The predicted molar refractivity (Wildman–Crippen MR) is 120 cm³/mol. The average molecular weight is 461 g/mol. The van der Waals surface area contributed by atoms with Crippen LogP contribution in [0.5, 0.6) is 0 Å². The Bertz CT molecular complexity index is 1200. The topological polar surface area (TPSA) is 75.3 Å². The first-order chi connectivity index (χ1) is 14.7. The Balaban J connectivity index is 1.78. The maximum atomic E-state index is 14.3. The van der Waals surface area contributed by atoms with Gasteiger partial charge in [-0.25, -0.2) is 17.5 Å². The van der Waals surface area contributed by atoms with E-state index in [1.165, 1.54) is 6.07 Å². The monoisotopic (exact) mass is 460 g/mol. The summed E-state index contributed by atoms with van der Waals surface area (Å²) in [6.07, 6.45) is 0. The first-order valence-electron chi connectivity index (χ1n) is 9.61. The van der Waals surface area contributed by atoms with Gasteiger partial charge in [-0.05, 0) is 53.4 Å². The lowest BCUT2D eigenvalue weighted by Crippen LogP contribution is -2.25. The van der Waals surface area contributed by atoms with Gasteiger partial charge in [0.25, 0.3) is 5.91 Å². The minimum absolute atomic E-state index is 0.0208. The normalized spacial score (nSPS) is 11.5. The van der Waals surface area contributed by atoms with Crippen LogP contribution >= 0.6 is 11.6 Å². The average Bonchev–Trinajstić information content (AvgIpc) is 2.73. The van der Waals surface area contributed by atoms with Crippen molar-refractivity contribution >= 4 is 33.2 Å². The maximum absolute atomic E-state index is 14.3. The number of sulfonamides is 1. The number of carbonyl (C=O) groups is 1. The third kappa shape index (κ3) is 5.70. The zero-order valence-electron chi connectivity index (χ0n) is 17.0. The molecule has 0 aliphatic heterocycles. The second kappa shape index (κ2) is 9.60. The highest BCUT2D eigenvalue weighted by Gasteiger charge is 2.21. The maximum Gasteiger partial charge on any atom is 0.255 e. The van der Waals surface area contributed by atoms with E-state index >= 15 is 0 Å². The smallest absolute Gasteiger partial charge is 0.255 e. The molecule has 3 rings (SSSR count). The molecule has 0 heterocycles. The summed E-state index contributed by atoms with van der Waals surface area (Å²) in [7, 11) is -4.21. The zero-order chi connectivity index (χ0) is 22.6. The number of anilines is 1. The van der Waals surface area contributed by atoms with Crippen LogP contribution in [0.4, 0.5) is 10.1 Å². The van der Waals surface area contributed by atoms with E-state index in [2.05, 4.69) is 23.9 Å². The van der Waals surface area contributed by atoms with Gasteiger partial charge in [-0.1, -0.05) is 55.8 Å². The van der Waals surface area contributed by atoms with Crippen molar-refractivity contribution in [3.05, 3.63) is 94.3 Å². The molecule has 3 aromatic carbocycles. The summed E-state index contributed by atoms with van der Waals surface area (Å²) in [5.74, 6) is -1.14. The molecule has 0 bridgehead atoms. The lowest BCUT2D eigenvalue weighted by molar-refractivity contribution is 0.102. The van der Waals surface area contributed by atoms with Crippen LogP contribution in [0, 0.1) is 5.82 Å². The Kier molecular flexibility index (Phi) is 7.10. The summed E-state index contributed by atoms with van der Waals surface area (Å²) < 4.78 is 41.9. The van der Waals surface area contributed by atoms with Crippen molar-refractivity contribution in [2.75, 3.05) is 5.32 Å². The molecule has 31 heavy (non-hydrogen) atoms. The zero-order valence-corrected chi connectivity index (χ0v) is 18.6. The van der Waals surface area contributed by atoms with Crippen molar-refractivity contribution < 1.29 is 17.6 Å². The highest BCUT2D eigenvalue weighted by Crippen LogP contribution is 2.21. The Hall–Kier alpha value is -2.74. The molecular formula is C23H22ClFN2O3S. The number of hydrogen-bond acceptors (Lipinski definition) is 3. The second-order valence-electron chi connectivity index (χ2n) is 7.29. The van der Waals surface area contributed by atoms with E-state index < -0.39 is 26.6 Å². The molecule has 2 N–H and O–H groups in total. The van der Waals surface area contributed by atoms with E-state index in [4.69, 9.17) is 11.6 Å². The standard InChI is InChI=1S/C23H22ClFN2O3S/c1-15(2)16-7-10-19(11-8-16)27-23(28)17-9-12-21(25)22(13-17)31(29,30)26-14-18-5-3-4-6-20(18)24/h3-13,15,26H,14H2,1-2H3,(H,27,28).